The Morgan fingerprint density at radius 1 is 1.09 bits per heavy atom. The van der Waals surface area contributed by atoms with E-state index in [1.807, 2.05) is 37.3 Å². The predicted octanol–water partition coefficient (Wildman–Crippen LogP) is 8.04. The van der Waals surface area contributed by atoms with E-state index in [-0.39, 0.29) is 5.91 Å². The van der Waals surface area contributed by atoms with Gasteiger partial charge in [-0.15, -0.1) is 0 Å². The maximum atomic E-state index is 12.6. The number of halogens is 4. The SMILES string of the molecule is COc1cc(/C=C2/SC(=Nc3cccc(Cl)c3C)NC2=O)cc(I)c1OCc1ccc(Cl)c(Cl)c1. The number of amidine groups is 1. The summed E-state index contributed by atoms with van der Waals surface area (Å²) in [5.74, 6) is 0.932. The molecule has 1 N–H and O–H groups in total. The van der Waals surface area contributed by atoms with Crippen molar-refractivity contribution in [1.29, 1.82) is 0 Å². The molecular formula is C25H18Cl3IN2O3S. The number of nitrogens with one attached hydrogen (secondary N) is 1. The summed E-state index contributed by atoms with van der Waals surface area (Å²) < 4.78 is 12.4. The van der Waals surface area contributed by atoms with E-state index in [9.17, 15) is 4.79 Å². The van der Waals surface area contributed by atoms with Gasteiger partial charge in [0, 0.05) is 5.02 Å². The zero-order chi connectivity index (χ0) is 25.1. The molecule has 1 aliphatic rings. The van der Waals surface area contributed by atoms with Gasteiger partial charge >= 0.3 is 0 Å². The monoisotopic (exact) mass is 658 g/mol. The van der Waals surface area contributed by atoms with Crippen LogP contribution in [0.3, 0.4) is 0 Å². The number of rotatable bonds is 6. The quantitative estimate of drug-likeness (QED) is 0.215. The number of nitrogens with zero attached hydrogens (tertiary/aromatic N) is 1. The zero-order valence-corrected chi connectivity index (χ0v) is 23.7. The number of hydrogen-bond donors (Lipinski definition) is 1. The fourth-order valence-electron chi connectivity index (χ4n) is 3.21. The third-order valence-corrected chi connectivity index (χ3v) is 7.89. The highest BCUT2D eigenvalue weighted by Crippen LogP contribution is 2.37. The van der Waals surface area contributed by atoms with Crippen molar-refractivity contribution in [3.8, 4) is 11.5 Å². The van der Waals surface area contributed by atoms with E-state index in [4.69, 9.17) is 44.3 Å². The van der Waals surface area contributed by atoms with Crippen molar-refractivity contribution in [1.82, 2.24) is 5.32 Å². The van der Waals surface area contributed by atoms with Crippen LogP contribution in [0.4, 0.5) is 5.69 Å². The van der Waals surface area contributed by atoms with Gasteiger partial charge in [0.25, 0.3) is 5.91 Å². The number of hydrogen-bond acceptors (Lipinski definition) is 5. The lowest BCUT2D eigenvalue weighted by atomic mass is 10.2. The first kappa shape index (κ1) is 26.2. The number of amides is 1. The fourth-order valence-corrected chi connectivity index (χ4v) is 5.31. The molecule has 0 aliphatic carbocycles. The first-order valence-electron chi connectivity index (χ1n) is 10.2. The Morgan fingerprint density at radius 2 is 1.89 bits per heavy atom. The number of carbonyl (C=O) groups is 1. The average Bonchev–Trinajstić information content (AvgIpc) is 3.16. The molecule has 0 saturated carbocycles. The molecule has 1 saturated heterocycles. The van der Waals surface area contributed by atoms with Gasteiger partial charge in [0.2, 0.25) is 0 Å². The van der Waals surface area contributed by atoms with Gasteiger partial charge in [-0.05, 0) is 100 Å². The number of benzene rings is 3. The first-order valence-corrected chi connectivity index (χ1v) is 13.3. The summed E-state index contributed by atoms with van der Waals surface area (Å²) in [5, 5.41) is 4.89. The molecule has 3 aromatic carbocycles. The van der Waals surface area contributed by atoms with E-state index < -0.39 is 0 Å². The Balaban J connectivity index is 1.55. The minimum absolute atomic E-state index is 0.220. The molecule has 1 fully saturated rings. The fraction of sp³-hybridized carbons (Fsp3) is 0.120. The second kappa shape index (κ2) is 11.4. The largest absolute Gasteiger partial charge is 0.493 e. The van der Waals surface area contributed by atoms with E-state index in [0.717, 1.165) is 20.3 Å². The van der Waals surface area contributed by atoms with Crippen LogP contribution in [0, 0.1) is 10.5 Å². The minimum Gasteiger partial charge on any atom is -0.493 e. The highest BCUT2D eigenvalue weighted by molar-refractivity contribution is 14.1. The molecule has 35 heavy (non-hydrogen) atoms. The van der Waals surface area contributed by atoms with Crippen molar-refractivity contribution in [2.24, 2.45) is 4.99 Å². The summed E-state index contributed by atoms with van der Waals surface area (Å²) >= 11 is 21.7. The maximum Gasteiger partial charge on any atom is 0.264 e. The molecule has 1 heterocycles. The Bertz CT molecular complexity index is 1380. The highest BCUT2D eigenvalue weighted by Gasteiger charge is 2.24. The van der Waals surface area contributed by atoms with Gasteiger partial charge in [-0.25, -0.2) is 4.99 Å². The normalized spacial score (nSPS) is 15.5. The van der Waals surface area contributed by atoms with Gasteiger partial charge in [0.15, 0.2) is 16.7 Å². The number of aliphatic imine (C=N–C) groups is 1. The summed E-state index contributed by atoms with van der Waals surface area (Å²) in [5.41, 5.74) is 3.24. The summed E-state index contributed by atoms with van der Waals surface area (Å²) in [4.78, 5) is 17.6. The van der Waals surface area contributed by atoms with Crippen molar-refractivity contribution in [2.75, 3.05) is 7.11 Å². The van der Waals surface area contributed by atoms with E-state index in [1.165, 1.54) is 11.8 Å². The molecule has 5 nitrogen and oxygen atoms in total. The first-order chi connectivity index (χ1) is 16.7. The number of methoxy groups -OCH3 is 1. The molecule has 0 unspecified atom stereocenters. The van der Waals surface area contributed by atoms with Crippen molar-refractivity contribution in [3.05, 3.63) is 88.8 Å². The topological polar surface area (TPSA) is 59.9 Å². The third kappa shape index (κ3) is 6.27. The van der Waals surface area contributed by atoms with Crippen molar-refractivity contribution in [2.45, 2.75) is 13.5 Å². The van der Waals surface area contributed by atoms with Crippen LogP contribution in [-0.4, -0.2) is 18.2 Å². The zero-order valence-electron chi connectivity index (χ0n) is 18.5. The Labute approximate surface area is 236 Å². The van der Waals surface area contributed by atoms with Crippen LogP contribution in [0.2, 0.25) is 15.1 Å². The van der Waals surface area contributed by atoms with Crippen LogP contribution in [0.15, 0.2) is 58.4 Å². The molecule has 1 amide bonds. The Kier molecular flexibility index (Phi) is 8.54. The summed E-state index contributed by atoms with van der Waals surface area (Å²) in [6, 6.07) is 14.6. The van der Waals surface area contributed by atoms with Gasteiger partial charge in [-0.3, -0.25) is 4.79 Å². The summed E-state index contributed by atoms with van der Waals surface area (Å²) in [6.45, 7) is 2.18. The average molecular weight is 660 g/mol. The molecule has 3 aromatic rings. The lowest BCUT2D eigenvalue weighted by Gasteiger charge is -2.14. The van der Waals surface area contributed by atoms with Crippen molar-refractivity contribution >= 4 is 92.0 Å². The van der Waals surface area contributed by atoms with Crippen molar-refractivity contribution < 1.29 is 14.3 Å². The van der Waals surface area contributed by atoms with Gasteiger partial charge in [-0.1, -0.05) is 46.9 Å². The molecular weight excluding hydrogens is 642 g/mol. The number of carbonyl (C=O) groups excluding carboxylic acids is 1. The lowest BCUT2D eigenvalue weighted by molar-refractivity contribution is -0.115. The van der Waals surface area contributed by atoms with Gasteiger partial charge < -0.3 is 14.8 Å². The summed E-state index contributed by atoms with van der Waals surface area (Å²) in [7, 11) is 1.57. The standard InChI is InChI=1S/C25H18Cl3IN2O3S/c1-13-16(26)4-3-5-20(13)30-25-31-24(32)22(35-25)11-15-9-19(29)23(21(10-15)33-2)34-12-14-6-7-17(27)18(28)8-14/h3-11H,12H2,1-2H3,(H,30,31,32)/b22-11+. The molecule has 0 aromatic heterocycles. The second-order valence-electron chi connectivity index (χ2n) is 7.44. The molecule has 180 valence electrons. The molecule has 4 rings (SSSR count). The van der Waals surface area contributed by atoms with Gasteiger partial charge in [0.05, 0.1) is 31.3 Å². The van der Waals surface area contributed by atoms with E-state index in [2.05, 4.69) is 32.9 Å². The van der Waals surface area contributed by atoms with E-state index in [1.54, 1.807) is 31.4 Å². The molecule has 0 bridgehead atoms. The Hall–Kier alpha value is -1.91. The van der Waals surface area contributed by atoms with Crippen LogP contribution in [0.25, 0.3) is 6.08 Å². The van der Waals surface area contributed by atoms with E-state index >= 15 is 0 Å². The third-order valence-electron chi connectivity index (χ3n) is 5.03. The molecule has 0 radical (unpaired) electrons. The highest BCUT2D eigenvalue weighted by atomic mass is 127. The van der Waals surface area contributed by atoms with Crippen LogP contribution in [0.5, 0.6) is 11.5 Å². The Morgan fingerprint density at radius 3 is 2.63 bits per heavy atom. The lowest BCUT2D eigenvalue weighted by Crippen LogP contribution is -2.19. The minimum atomic E-state index is -0.220. The predicted molar refractivity (Wildman–Crippen MR) is 153 cm³/mol. The second-order valence-corrected chi connectivity index (χ2v) is 10.9. The molecule has 10 heteroatoms. The summed E-state index contributed by atoms with van der Waals surface area (Å²) in [6.07, 6.45) is 1.79. The maximum absolute atomic E-state index is 12.6. The van der Waals surface area contributed by atoms with Crippen LogP contribution in [-0.2, 0) is 11.4 Å². The van der Waals surface area contributed by atoms with E-state index in [0.29, 0.717) is 48.9 Å². The number of ether oxygens (including phenoxy) is 2. The molecule has 0 spiro atoms. The van der Waals surface area contributed by atoms with Gasteiger partial charge in [0.1, 0.15) is 6.61 Å². The van der Waals surface area contributed by atoms with Crippen LogP contribution < -0.4 is 14.8 Å². The number of thioether (sulfide) groups is 1. The van der Waals surface area contributed by atoms with Crippen molar-refractivity contribution in [3.63, 3.8) is 0 Å². The van der Waals surface area contributed by atoms with Gasteiger partial charge in [-0.2, -0.15) is 0 Å². The molecule has 0 atom stereocenters. The van der Waals surface area contributed by atoms with Crippen LogP contribution in [0.1, 0.15) is 16.7 Å². The molecule has 1 aliphatic heterocycles. The van der Waals surface area contributed by atoms with Crippen LogP contribution >= 0.6 is 69.2 Å². The smallest absolute Gasteiger partial charge is 0.264 e.